The lowest BCUT2D eigenvalue weighted by atomic mass is 10.1. The Kier molecular flexibility index (Phi) is 4.63. The van der Waals surface area contributed by atoms with Crippen molar-refractivity contribution >= 4 is 5.69 Å². The first-order valence-electron chi connectivity index (χ1n) is 5.67. The van der Waals surface area contributed by atoms with Crippen LogP contribution in [0.5, 0.6) is 0 Å². The fourth-order valence-electron chi connectivity index (χ4n) is 1.70. The first-order valence-corrected chi connectivity index (χ1v) is 5.67. The van der Waals surface area contributed by atoms with Crippen LogP contribution in [0.15, 0.2) is 24.3 Å². The number of hydrogen-bond acceptors (Lipinski definition) is 2. The Morgan fingerprint density at radius 3 is 2.47 bits per heavy atom. The van der Waals surface area contributed by atoms with Crippen molar-refractivity contribution in [2.45, 2.75) is 33.3 Å². The zero-order valence-corrected chi connectivity index (χ0v) is 9.90. The van der Waals surface area contributed by atoms with E-state index in [9.17, 15) is 5.11 Å². The number of likely N-dealkylation sites (N-methyl/N-ethyl adjacent to an activating group) is 1. The van der Waals surface area contributed by atoms with Gasteiger partial charge in [-0.2, -0.15) is 0 Å². The van der Waals surface area contributed by atoms with E-state index in [1.807, 2.05) is 19.1 Å². The van der Waals surface area contributed by atoms with Gasteiger partial charge in [0, 0.05) is 18.8 Å². The van der Waals surface area contributed by atoms with Crippen LogP contribution in [0.3, 0.4) is 0 Å². The summed E-state index contributed by atoms with van der Waals surface area (Å²) in [5.74, 6) is 0. The monoisotopic (exact) mass is 207 g/mol. The minimum atomic E-state index is -0.232. The van der Waals surface area contributed by atoms with E-state index in [2.05, 4.69) is 30.9 Å². The van der Waals surface area contributed by atoms with Crippen LogP contribution >= 0.6 is 0 Å². The number of rotatable bonds is 5. The van der Waals surface area contributed by atoms with Crippen LogP contribution in [0.25, 0.3) is 0 Å². The summed E-state index contributed by atoms with van der Waals surface area (Å²) < 4.78 is 0. The maximum Gasteiger partial charge on any atom is 0.0712 e. The molecule has 0 spiro atoms. The third-order valence-corrected chi connectivity index (χ3v) is 2.74. The number of para-hydroxylation sites is 1. The Morgan fingerprint density at radius 1 is 1.27 bits per heavy atom. The number of nitrogens with zero attached hydrogens (tertiary/aromatic N) is 1. The average Bonchev–Trinajstić information content (AvgIpc) is 2.26. The number of benzene rings is 1. The SMILES string of the molecule is CCC(O)CN(CC)c1ccccc1C. The van der Waals surface area contributed by atoms with E-state index < -0.39 is 0 Å². The molecule has 0 radical (unpaired) electrons. The lowest BCUT2D eigenvalue weighted by Gasteiger charge is -2.27. The van der Waals surface area contributed by atoms with Crippen LogP contribution in [0.4, 0.5) is 5.69 Å². The molecule has 0 saturated carbocycles. The molecule has 1 aromatic carbocycles. The molecule has 1 N–H and O–H groups in total. The molecule has 0 fully saturated rings. The van der Waals surface area contributed by atoms with Gasteiger partial charge < -0.3 is 10.0 Å². The second kappa shape index (κ2) is 5.76. The lowest BCUT2D eigenvalue weighted by Crippen LogP contribution is -2.32. The molecule has 1 unspecified atom stereocenters. The number of aliphatic hydroxyl groups is 1. The van der Waals surface area contributed by atoms with E-state index in [0.717, 1.165) is 19.5 Å². The molecule has 0 aliphatic carbocycles. The van der Waals surface area contributed by atoms with Gasteiger partial charge in [-0.3, -0.25) is 0 Å². The van der Waals surface area contributed by atoms with Crippen LogP contribution in [0.1, 0.15) is 25.8 Å². The van der Waals surface area contributed by atoms with Gasteiger partial charge in [0.25, 0.3) is 0 Å². The van der Waals surface area contributed by atoms with Crippen molar-refractivity contribution in [1.82, 2.24) is 0 Å². The standard InChI is InChI=1S/C13H21NO/c1-4-12(15)10-14(5-2)13-9-7-6-8-11(13)3/h6-9,12,15H,4-5,10H2,1-3H3. The molecule has 0 aliphatic rings. The summed E-state index contributed by atoms with van der Waals surface area (Å²) in [5, 5.41) is 9.67. The highest BCUT2D eigenvalue weighted by atomic mass is 16.3. The Balaban J connectivity index is 2.78. The molecule has 2 nitrogen and oxygen atoms in total. The van der Waals surface area contributed by atoms with Gasteiger partial charge in [-0.15, -0.1) is 0 Å². The van der Waals surface area contributed by atoms with Gasteiger partial charge in [-0.05, 0) is 31.9 Å². The molecule has 0 bridgehead atoms. The third kappa shape index (κ3) is 3.24. The zero-order chi connectivity index (χ0) is 11.3. The third-order valence-electron chi connectivity index (χ3n) is 2.74. The first-order chi connectivity index (χ1) is 7.19. The summed E-state index contributed by atoms with van der Waals surface area (Å²) in [6.07, 6.45) is 0.576. The molecule has 2 heteroatoms. The van der Waals surface area contributed by atoms with Crippen LogP contribution in [-0.4, -0.2) is 24.3 Å². The van der Waals surface area contributed by atoms with E-state index in [1.165, 1.54) is 11.3 Å². The molecular formula is C13H21NO. The normalized spacial score (nSPS) is 12.5. The Hall–Kier alpha value is -1.02. The predicted molar refractivity (Wildman–Crippen MR) is 65.4 cm³/mol. The molecule has 0 aliphatic heterocycles. The highest BCUT2D eigenvalue weighted by Gasteiger charge is 2.10. The van der Waals surface area contributed by atoms with E-state index in [1.54, 1.807) is 0 Å². The number of anilines is 1. The molecule has 0 heterocycles. The van der Waals surface area contributed by atoms with Gasteiger partial charge in [0.15, 0.2) is 0 Å². The Bertz CT molecular complexity index is 298. The summed E-state index contributed by atoms with van der Waals surface area (Å²) in [4.78, 5) is 2.23. The van der Waals surface area contributed by atoms with Gasteiger partial charge in [-0.1, -0.05) is 25.1 Å². The van der Waals surface area contributed by atoms with Crippen LogP contribution in [0, 0.1) is 6.92 Å². The topological polar surface area (TPSA) is 23.5 Å². The van der Waals surface area contributed by atoms with Gasteiger partial charge in [0.2, 0.25) is 0 Å². The minimum Gasteiger partial charge on any atom is -0.391 e. The molecule has 0 aromatic heterocycles. The molecule has 0 amide bonds. The summed E-state index contributed by atoms with van der Waals surface area (Å²) in [7, 11) is 0. The predicted octanol–water partition coefficient (Wildman–Crippen LogP) is 2.59. The van der Waals surface area contributed by atoms with Crippen LogP contribution in [0.2, 0.25) is 0 Å². The fraction of sp³-hybridized carbons (Fsp3) is 0.538. The maximum atomic E-state index is 9.67. The van der Waals surface area contributed by atoms with Crippen LogP contribution < -0.4 is 4.90 Å². The van der Waals surface area contributed by atoms with Gasteiger partial charge in [0.1, 0.15) is 0 Å². The Labute approximate surface area is 92.5 Å². The molecular weight excluding hydrogens is 186 g/mol. The smallest absolute Gasteiger partial charge is 0.0712 e. The van der Waals surface area contributed by atoms with E-state index in [0.29, 0.717) is 0 Å². The molecule has 1 aromatic rings. The van der Waals surface area contributed by atoms with Crippen molar-refractivity contribution in [2.75, 3.05) is 18.0 Å². The fourth-order valence-corrected chi connectivity index (χ4v) is 1.70. The molecule has 0 saturated heterocycles. The van der Waals surface area contributed by atoms with Crippen molar-refractivity contribution in [3.8, 4) is 0 Å². The summed E-state index contributed by atoms with van der Waals surface area (Å²) in [5.41, 5.74) is 2.50. The average molecular weight is 207 g/mol. The molecule has 15 heavy (non-hydrogen) atoms. The van der Waals surface area contributed by atoms with Gasteiger partial charge in [0.05, 0.1) is 6.10 Å². The van der Waals surface area contributed by atoms with Crippen molar-refractivity contribution in [2.24, 2.45) is 0 Å². The quantitative estimate of drug-likeness (QED) is 0.802. The highest BCUT2D eigenvalue weighted by Crippen LogP contribution is 2.19. The molecule has 84 valence electrons. The van der Waals surface area contributed by atoms with E-state index in [4.69, 9.17) is 0 Å². The van der Waals surface area contributed by atoms with Crippen LogP contribution in [-0.2, 0) is 0 Å². The first kappa shape index (κ1) is 12.1. The van der Waals surface area contributed by atoms with E-state index in [-0.39, 0.29) is 6.10 Å². The summed E-state index contributed by atoms with van der Waals surface area (Å²) >= 11 is 0. The van der Waals surface area contributed by atoms with Gasteiger partial charge >= 0.3 is 0 Å². The number of hydrogen-bond donors (Lipinski definition) is 1. The maximum absolute atomic E-state index is 9.67. The number of aryl methyl sites for hydroxylation is 1. The number of aliphatic hydroxyl groups excluding tert-OH is 1. The molecule has 1 atom stereocenters. The summed E-state index contributed by atoms with van der Waals surface area (Å²) in [6, 6.07) is 8.31. The van der Waals surface area contributed by atoms with Crippen molar-refractivity contribution < 1.29 is 5.11 Å². The van der Waals surface area contributed by atoms with Crippen molar-refractivity contribution in [3.05, 3.63) is 29.8 Å². The summed E-state index contributed by atoms with van der Waals surface area (Å²) in [6.45, 7) is 7.89. The molecule has 1 rings (SSSR count). The highest BCUT2D eigenvalue weighted by molar-refractivity contribution is 5.52. The zero-order valence-electron chi connectivity index (χ0n) is 9.90. The lowest BCUT2D eigenvalue weighted by molar-refractivity contribution is 0.176. The largest absolute Gasteiger partial charge is 0.391 e. The van der Waals surface area contributed by atoms with Crippen molar-refractivity contribution in [1.29, 1.82) is 0 Å². The van der Waals surface area contributed by atoms with Gasteiger partial charge in [-0.25, -0.2) is 0 Å². The van der Waals surface area contributed by atoms with Crippen molar-refractivity contribution in [3.63, 3.8) is 0 Å². The second-order valence-electron chi connectivity index (χ2n) is 3.89. The second-order valence-corrected chi connectivity index (χ2v) is 3.89. The minimum absolute atomic E-state index is 0.232. The Morgan fingerprint density at radius 2 is 1.93 bits per heavy atom. The van der Waals surface area contributed by atoms with E-state index >= 15 is 0 Å².